The van der Waals surface area contributed by atoms with Crippen molar-refractivity contribution < 1.29 is 8.83 Å². The highest BCUT2D eigenvalue weighted by Gasteiger charge is 2.23. The maximum absolute atomic E-state index is 13.5. The van der Waals surface area contributed by atoms with Gasteiger partial charge in [-0.15, -0.1) is 0 Å². The molecule has 0 unspecified atom stereocenters. The quantitative estimate of drug-likeness (QED) is 0.301. The average molecular weight is 468 g/mol. The molecule has 6 nitrogen and oxygen atoms in total. The van der Waals surface area contributed by atoms with Crippen molar-refractivity contribution in [2.24, 2.45) is 0 Å². The van der Waals surface area contributed by atoms with Gasteiger partial charge >= 0.3 is 0 Å². The molecule has 2 aromatic heterocycles. The van der Waals surface area contributed by atoms with E-state index in [9.17, 15) is 19.2 Å². The molecule has 0 atom stereocenters. The first-order valence-corrected chi connectivity index (χ1v) is 11.4. The first-order valence-electron chi connectivity index (χ1n) is 11.4. The molecule has 168 valence electrons. The SMILES string of the molecule is O=c1c2ccccc2c(=O)c2c1oc1ccc3c(ccc4oc5c(=O)c6ccccc6c(=O)c5c43)c12. The molecule has 0 saturated carbocycles. The van der Waals surface area contributed by atoms with Crippen LogP contribution in [-0.4, -0.2) is 0 Å². The molecule has 0 fully saturated rings. The second-order valence-corrected chi connectivity index (χ2v) is 8.99. The number of benzene rings is 6. The molecule has 0 saturated heterocycles. The summed E-state index contributed by atoms with van der Waals surface area (Å²) in [6.07, 6.45) is 0. The maximum Gasteiger partial charge on any atom is 0.229 e. The summed E-state index contributed by atoms with van der Waals surface area (Å²) in [5.41, 5.74) is -0.460. The molecule has 0 aliphatic carbocycles. The molecule has 2 heterocycles. The van der Waals surface area contributed by atoms with Gasteiger partial charge in [0, 0.05) is 32.3 Å². The molecule has 0 N–H and O–H groups in total. The minimum absolute atomic E-state index is 0.00991. The van der Waals surface area contributed by atoms with E-state index in [4.69, 9.17) is 8.83 Å². The van der Waals surface area contributed by atoms with E-state index in [2.05, 4.69) is 0 Å². The van der Waals surface area contributed by atoms with Crippen LogP contribution in [0.5, 0.6) is 0 Å². The van der Waals surface area contributed by atoms with E-state index < -0.39 is 0 Å². The Morgan fingerprint density at radius 1 is 0.361 bits per heavy atom. The number of furan rings is 2. The number of fused-ring (bicyclic) bond motifs is 11. The molecule has 0 spiro atoms. The van der Waals surface area contributed by atoms with Crippen molar-refractivity contribution in [3.05, 3.63) is 114 Å². The Morgan fingerprint density at radius 2 is 0.722 bits per heavy atom. The third-order valence-corrected chi connectivity index (χ3v) is 7.20. The summed E-state index contributed by atoms with van der Waals surface area (Å²) in [5, 5.41) is 3.97. The highest BCUT2D eigenvalue weighted by molar-refractivity contribution is 6.28. The Bertz CT molecular complexity index is 2330. The van der Waals surface area contributed by atoms with Crippen molar-refractivity contribution in [2.75, 3.05) is 0 Å². The lowest BCUT2D eigenvalue weighted by molar-refractivity contribution is 0.665. The Hall–Kier alpha value is -5.10. The third-order valence-electron chi connectivity index (χ3n) is 7.20. The largest absolute Gasteiger partial charge is 0.452 e. The normalized spacial score (nSPS) is 12.3. The summed E-state index contributed by atoms with van der Waals surface area (Å²) in [6, 6.07) is 20.3. The monoisotopic (exact) mass is 468 g/mol. The predicted molar refractivity (Wildman–Crippen MR) is 141 cm³/mol. The van der Waals surface area contributed by atoms with E-state index in [0.717, 1.165) is 0 Å². The zero-order valence-corrected chi connectivity index (χ0v) is 18.4. The molecule has 6 aromatic carbocycles. The smallest absolute Gasteiger partial charge is 0.229 e. The zero-order chi connectivity index (χ0) is 24.3. The van der Waals surface area contributed by atoms with E-state index in [1.807, 2.05) is 0 Å². The summed E-state index contributed by atoms with van der Waals surface area (Å²) < 4.78 is 11.8. The maximum atomic E-state index is 13.5. The van der Waals surface area contributed by atoms with Gasteiger partial charge in [0.1, 0.15) is 11.2 Å². The van der Waals surface area contributed by atoms with Crippen LogP contribution in [0.1, 0.15) is 0 Å². The lowest BCUT2D eigenvalue weighted by Gasteiger charge is -2.02. The highest BCUT2D eigenvalue weighted by Crippen LogP contribution is 2.38. The lowest BCUT2D eigenvalue weighted by atomic mass is 9.97. The molecule has 36 heavy (non-hydrogen) atoms. The molecule has 0 amide bonds. The van der Waals surface area contributed by atoms with Crippen LogP contribution >= 0.6 is 0 Å². The van der Waals surface area contributed by atoms with Crippen LogP contribution in [0.4, 0.5) is 0 Å². The van der Waals surface area contributed by atoms with Crippen LogP contribution in [0, 0.1) is 0 Å². The first kappa shape index (κ1) is 19.2. The molecular formula is C30H12O6. The molecule has 6 heteroatoms. The van der Waals surface area contributed by atoms with Crippen LogP contribution < -0.4 is 21.7 Å². The fourth-order valence-corrected chi connectivity index (χ4v) is 5.63. The summed E-state index contributed by atoms with van der Waals surface area (Å²) in [6.45, 7) is 0. The molecule has 8 rings (SSSR count). The fourth-order valence-electron chi connectivity index (χ4n) is 5.63. The Balaban J connectivity index is 1.66. The van der Waals surface area contributed by atoms with Crippen LogP contribution in [0.15, 0.2) is 101 Å². The Morgan fingerprint density at radius 3 is 1.11 bits per heavy atom. The van der Waals surface area contributed by atoms with Gasteiger partial charge in [0.2, 0.25) is 10.9 Å². The van der Waals surface area contributed by atoms with Gasteiger partial charge in [-0.1, -0.05) is 48.5 Å². The molecular weight excluding hydrogens is 456 g/mol. The van der Waals surface area contributed by atoms with Gasteiger partial charge in [0.05, 0.1) is 10.8 Å². The summed E-state index contributed by atoms with van der Waals surface area (Å²) in [4.78, 5) is 53.4. The fraction of sp³-hybridized carbons (Fsp3) is 0. The van der Waals surface area contributed by atoms with E-state index in [-0.39, 0.29) is 43.7 Å². The van der Waals surface area contributed by atoms with Crippen LogP contribution in [0.2, 0.25) is 0 Å². The molecule has 0 bridgehead atoms. The zero-order valence-electron chi connectivity index (χ0n) is 18.4. The van der Waals surface area contributed by atoms with Crippen molar-refractivity contribution in [1.29, 1.82) is 0 Å². The molecule has 0 aliphatic rings. The average Bonchev–Trinajstić information content (AvgIpc) is 3.50. The molecule has 8 aromatic rings. The standard InChI is InChI=1S/C30H12O6/c31-25-15-5-1-3-7-17(15)27(33)29-23(25)21-13-9-12-20-22(14(13)10-11-19(21)35-29)24-26(32)16-6-2-4-8-18(16)28(34)30(24)36-20/h1-12H. The van der Waals surface area contributed by atoms with Gasteiger partial charge in [-0.2, -0.15) is 0 Å². The van der Waals surface area contributed by atoms with E-state index in [1.165, 1.54) is 0 Å². The third kappa shape index (κ3) is 2.12. The first-order chi connectivity index (χ1) is 17.5. The van der Waals surface area contributed by atoms with Crippen LogP contribution in [-0.2, 0) is 0 Å². The van der Waals surface area contributed by atoms with Crippen LogP contribution in [0.3, 0.4) is 0 Å². The number of hydrogen-bond acceptors (Lipinski definition) is 6. The highest BCUT2D eigenvalue weighted by atomic mass is 16.3. The van der Waals surface area contributed by atoms with Gasteiger partial charge in [-0.05, 0) is 35.0 Å². The van der Waals surface area contributed by atoms with E-state index >= 15 is 0 Å². The number of hydrogen-bond donors (Lipinski definition) is 0. The van der Waals surface area contributed by atoms with Crippen molar-refractivity contribution in [2.45, 2.75) is 0 Å². The van der Waals surface area contributed by atoms with E-state index in [1.54, 1.807) is 72.8 Å². The van der Waals surface area contributed by atoms with Gasteiger partial charge in [0.15, 0.2) is 22.0 Å². The second kappa shape index (κ2) is 6.31. The van der Waals surface area contributed by atoms with Gasteiger partial charge in [-0.25, -0.2) is 0 Å². The summed E-state index contributed by atoms with van der Waals surface area (Å²) in [5.74, 6) is 0. The Labute approximate surface area is 198 Å². The molecule has 0 radical (unpaired) electrons. The predicted octanol–water partition coefficient (Wildman–Crippen LogP) is 5.26. The van der Waals surface area contributed by atoms with E-state index in [0.29, 0.717) is 54.3 Å². The van der Waals surface area contributed by atoms with Gasteiger partial charge < -0.3 is 8.83 Å². The minimum atomic E-state index is -0.344. The van der Waals surface area contributed by atoms with Crippen molar-refractivity contribution in [3.8, 4) is 0 Å². The summed E-state index contributed by atoms with van der Waals surface area (Å²) >= 11 is 0. The van der Waals surface area contributed by atoms with Gasteiger partial charge in [0.25, 0.3) is 0 Å². The van der Waals surface area contributed by atoms with Crippen molar-refractivity contribution in [1.82, 2.24) is 0 Å². The van der Waals surface area contributed by atoms with Crippen molar-refractivity contribution >= 4 is 76.2 Å². The number of rotatable bonds is 0. The van der Waals surface area contributed by atoms with Crippen LogP contribution in [0.25, 0.3) is 76.2 Å². The second-order valence-electron chi connectivity index (χ2n) is 8.99. The lowest BCUT2D eigenvalue weighted by Crippen LogP contribution is -2.11. The molecule has 0 aliphatic heterocycles. The summed E-state index contributed by atoms with van der Waals surface area (Å²) in [7, 11) is 0. The minimum Gasteiger partial charge on any atom is -0.452 e. The topological polar surface area (TPSA) is 94.6 Å². The van der Waals surface area contributed by atoms with Crippen molar-refractivity contribution in [3.63, 3.8) is 0 Å². The Kier molecular flexibility index (Phi) is 3.37. The van der Waals surface area contributed by atoms with Gasteiger partial charge in [-0.3, -0.25) is 19.2 Å².